The van der Waals surface area contributed by atoms with Gasteiger partial charge in [0.15, 0.2) is 0 Å². The van der Waals surface area contributed by atoms with E-state index < -0.39 is 11.7 Å². The molecule has 1 rings (SSSR count). The van der Waals surface area contributed by atoms with E-state index in [0.717, 1.165) is 11.8 Å². The standard InChI is InChI=1S/C12H15F3N2S2/c1-7(6-19-2)17-8-3-4-10(12(13,14)15)9(5-8)11(16)18/h3-5,7,17H,6H2,1-2H3,(H2,16,18). The highest BCUT2D eigenvalue weighted by Gasteiger charge is 2.34. The van der Waals surface area contributed by atoms with Gasteiger partial charge in [0.25, 0.3) is 0 Å². The summed E-state index contributed by atoms with van der Waals surface area (Å²) >= 11 is 6.34. The molecule has 1 aromatic rings. The lowest BCUT2D eigenvalue weighted by Crippen LogP contribution is -2.21. The SMILES string of the molecule is CSCC(C)Nc1ccc(C(F)(F)F)c(C(N)=S)c1. The van der Waals surface area contributed by atoms with E-state index in [1.165, 1.54) is 12.1 Å². The minimum absolute atomic E-state index is 0.144. The Labute approximate surface area is 119 Å². The molecule has 0 fully saturated rings. The van der Waals surface area contributed by atoms with Crippen LogP contribution in [0.1, 0.15) is 18.1 Å². The number of nitrogens with two attached hydrogens (primary N) is 1. The highest BCUT2D eigenvalue weighted by Crippen LogP contribution is 2.33. The van der Waals surface area contributed by atoms with Crippen molar-refractivity contribution in [3.05, 3.63) is 29.3 Å². The van der Waals surface area contributed by atoms with Crippen molar-refractivity contribution in [2.24, 2.45) is 5.73 Å². The van der Waals surface area contributed by atoms with Crippen LogP contribution in [0.25, 0.3) is 0 Å². The number of thioether (sulfide) groups is 1. The molecular weight excluding hydrogens is 293 g/mol. The molecule has 0 bridgehead atoms. The van der Waals surface area contributed by atoms with Gasteiger partial charge in [-0.25, -0.2) is 0 Å². The van der Waals surface area contributed by atoms with Crippen molar-refractivity contribution in [2.45, 2.75) is 19.1 Å². The zero-order chi connectivity index (χ0) is 14.6. The molecule has 0 heterocycles. The fourth-order valence-corrected chi connectivity index (χ4v) is 2.41. The van der Waals surface area contributed by atoms with E-state index in [1.54, 1.807) is 11.8 Å². The largest absolute Gasteiger partial charge is 0.417 e. The number of anilines is 1. The van der Waals surface area contributed by atoms with Crippen LogP contribution in [0.4, 0.5) is 18.9 Å². The first-order valence-corrected chi connectivity index (χ1v) is 7.32. The van der Waals surface area contributed by atoms with Crippen LogP contribution in [-0.2, 0) is 6.18 Å². The molecule has 0 saturated heterocycles. The van der Waals surface area contributed by atoms with Crippen LogP contribution < -0.4 is 11.1 Å². The van der Waals surface area contributed by atoms with Crippen LogP contribution in [0, 0.1) is 0 Å². The average molecular weight is 308 g/mol. The number of benzene rings is 1. The van der Waals surface area contributed by atoms with Crippen LogP contribution in [0.3, 0.4) is 0 Å². The quantitative estimate of drug-likeness (QED) is 0.817. The van der Waals surface area contributed by atoms with Crippen molar-refractivity contribution in [2.75, 3.05) is 17.3 Å². The topological polar surface area (TPSA) is 38.0 Å². The van der Waals surface area contributed by atoms with Crippen molar-refractivity contribution in [1.29, 1.82) is 0 Å². The summed E-state index contributed by atoms with van der Waals surface area (Å²) in [5.74, 6) is 0.851. The maximum atomic E-state index is 12.8. The lowest BCUT2D eigenvalue weighted by molar-refractivity contribution is -0.137. The first-order chi connectivity index (χ1) is 8.75. The lowest BCUT2D eigenvalue weighted by Gasteiger charge is -2.17. The molecule has 0 radical (unpaired) electrons. The molecule has 106 valence electrons. The third-order valence-electron chi connectivity index (χ3n) is 2.42. The summed E-state index contributed by atoms with van der Waals surface area (Å²) in [6.45, 7) is 1.95. The molecule has 0 aliphatic rings. The normalized spacial score (nSPS) is 13.1. The summed E-state index contributed by atoms with van der Waals surface area (Å²) < 4.78 is 38.4. The lowest BCUT2D eigenvalue weighted by atomic mass is 10.1. The summed E-state index contributed by atoms with van der Waals surface area (Å²) in [7, 11) is 0. The zero-order valence-electron chi connectivity index (χ0n) is 10.5. The van der Waals surface area contributed by atoms with Crippen molar-refractivity contribution >= 4 is 34.7 Å². The molecule has 0 saturated carbocycles. The molecule has 0 spiro atoms. The second-order valence-electron chi connectivity index (χ2n) is 4.12. The van der Waals surface area contributed by atoms with Gasteiger partial charge >= 0.3 is 6.18 Å². The van der Waals surface area contributed by atoms with Crippen molar-refractivity contribution < 1.29 is 13.2 Å². The molecular formula is C12H15F3N2S2. The Kier molecular flexibility index (Phi) is 5.49. The summed E-state index contributed by atoms with van der Waals surface area (Å²) in [4.78, 5) is -0.256. The Hall–Kier alpha value is -0.950. The van der Waals surface area contributed by atoms with Crippen LogP contribution in [-0.4, -0.2) is 23.0 Å². The van der Waals surface area contributed by atoms with E-state index in [0.29, 0.717) is 5.69 Å². The number of hydrogen-bond donors (Lipinski definition) is 2. The van der Waals surface area contributed by atoms with Gasteiger partial charge in [-0.2, -0.15) is 24.9 Å². The van der Waals surface area contributed by atoms with Crippen molar-refractivity contribution in [1.82, 2.24) is 0 Å². The fraction of sp³-hybridized carbons (Fsp3) is 0.417. The predicted octanol–water partition coefficient (Wildman–Crippen LogP) is 3.50. The smallest absolute Gasteiger partial charge is 0.389 e. The first-order valence-electron chi connectivity index (χ1n) is 5.52. The molecule has 0 aromatic heterocycles. The molecule has 0 aliphatic carbocycles. The number of thiocarbonyl (C=S) groups is 1. The molecule has 0 amide bonds. The Balaban J connectivity index is 3.07. The molecule has 1 aromatic carbocycles. The van der Waals surface area contributed by atoms with E-state index in [1.807, 2.05) is 13.2 Å². The maximum absolute atomic E-state index is 12.8. The summed E-state index contributed by atoms with van der Waals surface area (Å²) in [5, 5.41) is 3.11. The van der Waals surface area contributed by atoms with Crippen LogP contribution >= 0.6 is 24.0 Å². The van der Waals surface area contributed by atoms with E-state index in [-0.39, 0.29) is 16.6 Å². The van der Waals surface area contributed by atoms with Crippen molar-refractivity contribution in [3.63, 3.8) is 0 Å². The molecule has 1 unspecified atom stereocenters. The van der Waals surface area contributed by atoms with Gasteiger partial charge in [0, 0.05) is 23.0 Å². The van der Waals surface area contributed by atoms with E-state index in [4.69, 9.17) is 5.73 Å². The predicted molar refractivity (Wildman–Crippen MR) is 78.8 cm³/mol. The second-order valence-corrected chi connectivity index (χ2v) is 5.47. The minimum atomic E-state index is -4.46. The zero-order valence-corrected chi connectivity index (χ0v) is 12.2. The highest BCUT2D eigenvalue weighted by atomic mass is 32.2. The van der Waals surface area contributed by atoms with E-state index in [9.17, 15) is 13.2 Å². The number of alkyl halides is 3. The summed E-state index contributed by atoms with van der Waals surface area (Å²) in [6.07, 6.45) is -2.49. The Bertz CT molecular complexity index is 461. The Morgan fingerprint density at radius 2 is 2.11 bits per heavy atom. The van der Waals surface area contributed by atoms with Gasteiger partial charge in [0.05, 0.1) is 5.56 Å². The van der Waals surface area contributed by atoms with Crippen LogP contribution in [0.2, 0.25) is 0 Å². The Morgan fingerprint density at radius 1 is 1.47 bits per heavy atom. The van der Waals surface area contributed by atoms with Crippen molar-refractivity contribution in [3.8, 4) is 0 Å². The average Bonchev–Trinajstić information content (AvgIpc) is 2.27. The molecule has 3 N–H and O–H groups in total. The van der Waals surface area contributed by atoms with Gasteiger partial charge in [-0.3, -0.25) is 0 Å². The van der Waals surface area contributed by atoms with Gasteiger partial charge < -0.3 is 11.1 Å². The summed E-state index contributed by atoms with van der Waals surface area (Å²) in [6, 6.07) is 3.89. The van der Waals surface area contributed by atoms with Gasteiger partial charge in [0.1, 0.15) is 4.99 Å². The highest BCUT2D eigenvalue weighted by molar-refractivity contribution is 7.98. The third kappa shape index (κ3) is 4.58. The fourth-order valence-electron chi connectivity index (χ4n) is 1.66. The first kappa shape index (κ1) is 16.1. The van der Waals surface area contributed by atoms with Crippen LogP contribution in [0.5, 0.6) is 0 Å². The van der Waals surface area contributed by atoms with Gasteiger partial charge in [-0.1, -0.05) is 12.2 Å². The second kappa shape index (κ2) is 6.47. The molecule has 0 aliphatic heterocycles. The number of hydrogen-bond acceptors (Lipinski definition) is 3. The van der Waals surface area contributed by atoms with Gasteiger partial charge in [-0.15, -0.1) is 0 Å². The molecule has 2 nitrogen and oxygen atoms in total. The molecule has 19 heavy (non-hydrogen) atoms. The number of halogens is 3. The van der Waals surface area contributed by atoms with E-state index in [2.05, 4.69) is 17.5 Å². The van der Waals surface area contributed by atoms with Gasteiger partial charge in [0.2, 0.25) is 0 Å². The summed E-state index contributed by atoms with van der Waals surface area (Å²) in [5.41, 5.74) is 5.00. The van der Waals surface area contributed by atoms with Gasteiger partial charge in [-0.05, 0) is 31.4 Å². The third-order valence-corrected chi connectivity index (χ3v) is 3.47. The molecule has 7 heteroatoms. The molecule has 1 atom stereocenters. The number of rotatable bonds is 5. The van der Waals surface area contributed by atoms with Crippen LogP contribution in [0.15, 0.2) is 18.2 Å². The minimum Gasteiger partial charge on any atom is -0.389 e. The number of nitrogens with one attached hydrogen (secondary N) is 1. The van der Waals surface area contributed by atoms with E-state index >= 15 is 0 Å². The maximum Gasteiger partial charge on any atom is 0.417 e. The Morgan fingerprint density at radius 3 is 2.58 bits per heavy atom. The monoisotopic (exact) mass is 308 g/mol.